The summed E-state index contributed by atoms with van der Waals surface area (Å²) in [6.07, 6.45) is 8.49. The van der Waals surface area contributed by atoms with Crippen LogP contribution in [0.3, 0.4) is 0 Å². The first-order valence-electron chi connectivity index (χ1n) is 16.0. The van der Waals surface area contributed by atoms with Crippen molar-refractivity contribution in [3.63, 3.8) is 0 Å². The zero-order valence-corrected chi connectivity index (χ0v) is 27.7. The summed E-state index contributed by atoms with van der Waals surface area (Å²) in [7, 11) is -2.69. The van der Waals surface area contributed by atoms with Crippen LogP contribution >= 0.6 is 0 Å². The fourth-order valence-corrected chi connectivity index (χ4v) is 8.43. The molecule has 0 unspecified atom stereocenters. The Bertz CT molecular complexity index is 450. The minimum absolute atomic E-state index is 0.257. The van der Waals surface area contributed by atoms with Crippen LogP contribution in [0.2, 0.25) is 6.04 Å². The van der Waals surface area contributed by atoms with Gasteiger partial charge in [-0.15, -0.1) is 0 Å². The summed E-state index contributed by atoms with van der Waals surface area (Å²) in [5, 5.41) is 0. The van der Waals surface area contributed by atoms with E-state index in [1.165, 1.54) is 77.8 Å². The van der Waals surface area contributed by atoms with Crippen LogP contribution in [0, 0.1) is 5.41 Å². The SMILES string of the molecule is CCCN(CC)CCC(CCN(CC)CCC)(CCN(CC)CCC)CC[Si](OCC)(OCC)OCC. The van der Waals surface area contributed by atoms with Crippen LogP contribution in [0.25, 0.3) is 0 Å². The molecule has 0 radical (unpaired) electrons. The van der Waals surface area contributed by atoms with E-state index in [9.17, 15) is 0 Å². The first-order chi connectivity index (χ1) is 17.9. The zero-order valence-electron chi connectivity index (χ0n) is 26.7. The average molecular weight is 546 g/mol. The summed E-state index contributed by atoms with van der Waals surface area (Å²) >= 11 is 0. The van der Waals surface area contributed by atoms with Crippen LogP contribution < -0.4 is 0 Å². The lowest BCUT2D eigenvalue weighted by atomic mass is 9.75. The van der Waals surface area contributed by atoms with Crippen molar-refractivity contribution in [2.75, 3.05) is 78.7 Å². The van der Waals surface area contributed by atoms with E-state index in [1.54, 1.807) is 0 Å². The molecule has 37 heavy (non-hydrogen) atoms. The second kappa shape index (κ2) is 22.8. The minimum atomic E-state index is -2.69. The first-order valence-corrected chi connectivity index (χ1v) is 17.9. The molecule has 0 saturated heterocycles. The molecule has 0 saturated carbocycles. The molecule has 0 bridgehead atoms. The van der Waals surface area contributed by atoms with Gasteiger partial charge < -0.3 is 28.0 Å². The Morgan fingerprint density at radius 2 is 0.784 bits per heavy atom. The molecule has 0 amide bonds. The normalized spacial score (nSPS) is 13.0. The Morgan fingerprint density at radius 1 is 0.459 bits per heavy atom. The highest BCUT2D eigenvalue weighted by molar-refractivity contribution is 6.60. The molecule has 0 rings (SSSR count). The lowest BCUT2D eigenvalue weighted by Crippen LogP contribution is -2.47. The Morgan fingerprint density at radius 3 is 1.03 bits per heavy atom. The van der Waals surface area contributed by atoms with Gasteiger partial charge >= 0.3 is 8.80 Å². The summed E-state index contributed by atoms with van der Waals surface area (Å²) in [4.78, 5) is 7.96. The van der Waals surface area contributed by atoms with E-state index in [4.69, 9.17) is 13.3 Å². The van der Waals surface area contributed by atoms with Crippen molar-refractivity contribution in [1.82, 2.24) is 14.7 Å². The van der Waals surface area contributed by atoms with Gasteiger partial charge in [-0.3, -0.25) is 0 Å². The second-order valence-corrected chi connectivity index (χ2v) is 13.3. The summed E-state index contributed by atoms with van der Waals surface area (Å²) in [5.41, 5.74) is 0.257. The summed E-state index contributed by atoms with van der Waals surface area (Å²) in [5.74, 6) is 0. The van der Waals surface area contributed by atoms with Crippen molar-refractivity contribution in [3.05, 3.63) is 0 Å². The highest BCUT2D eigenvalue weighted by Crippen LogP contribution is 2.40. The van der Waals surface area contributed by atoms with E-state index in [1.807, 2.05) is 0 Å². The maximum atomic E-state index is 6.33. The zero-order chi connectivity index (χ0) is 28.0. The van der Waals surface area contributed by atoms with Crippen LogP contribution in [0.5, 0.6) is 0 Å². The molecule has 0 aliphatic heterocycles. The molecule has 0 aromatic carbocycles. The standard InChI is InChI=1S/C30H67N3O3Si/c1-10-23-31(13-4)26-19-30(20-27-32(14-5)24-11-2,21-28-33(15-6)25-12-3)22-29-37(34-16-7,35-17-8)36-18-9/h10-29H2,1-9H3. The number of hydrogen-bond donors (Lipinski definition) is 0. The molecule has 6 nitrogen and oxygen atoms in total. The topological polar surface area (TPSA) is 37.4 Å². The van der Waals surface area contributed by atoms with Gasteiger partial charge in [0.1, 0.15) is 0 Å². The first kappa shape index (κ1) is 37.0. The molecule has 0 aromatic rings. The summed E-state index contributed by atoms with van der Waals surface area (Å²) in [6, 6.07) is 0.919. The fraction of sp³-hybridized carbons (Fsp3) is 1.00. The Balaban J connectivity index is 6.13. The average Bonchev–Trinajstić information content (AvgIpc) is 2.90. The molecule has 0 heterocycles. The van der Waals surface area contributed by atoms with E-state index in [0.717, 1.165) is 32.1 Å². The van der Waals surface area contributed by atoms with Crippen molar-refractivity contribution >= 4 is 8.80 Å². The molecule has 0 spiro atoms. The van der Waals surface area contributed by atoms with E-state index >= 15 is 0 Å². The highest BCUT2D eigenvalue weighted by atomic mass is 28.4. The van der Waals surface area contributed by atoms with Crippen molar-refractivity contribution in [3.8, 4) is 0 Å². The molecular weight excluding hydrogens is 478 g/mol. The largest absolute Gasteiger partial charge is 0.500 e. The maximum absolute atomic E-state index is 6.33. The van der Waals surface area contributed by atoms with Crippen molar-refractivity contribution in [2.24, 2.45) is 5.41 Å². The smallest absolute Gasteiger partial charge is 0.374 e. The minimum Gasteiger partial charge on any atom is -0.374 e. The Kier molecular flexibility index (Phi) is 22.7. The van der Waals surface area contributed by atoms with E-state index < -0.39 is 8.80 Å². The predicted octanol–water partition coefficient (Wildman–Crippen LogP) is 6.78. The molecule has 0 fully saturated rings. The summed E-state index contributed by atoms with van der Waals surface area (Å²) in [6.45, 7) is 32.5. The third-order valence-corrected chi connectivity index (χ3v) is 10.9. The highest BCUT2D eigenvalue weighted by Gasteiger charge is 2.43. The monoisotopic (exact) mass is 545 g/mol. The van der Waals surface area contributed by atoms with Gasteiger partial charge in [0.25, 0.3) is 0 Å². The third kappa shape index (κ3) is 15.4. The van der Waals surface area contributed by atoms with Gasteiger partial charge in [-0.05, 0) is 130 Å². The maximum Gasteiger partial charge on any atom is 0.500 e. The number of nitrogens with zero attached hydrogens (tertiary/aromatic N) is 3. The molecule has 0 atom stereocenters. The Hall–Kier alpha value is -0.0231. The van der Waals surface area contributed by atoms with Crippen LogP contribution in [-0.4, -0.2) is 102 Å². The third-order valence-electron chi connectivity index (χ3n) is 7.89. The van der Waals surface area contributed by atoms with Gasteiger partial charge in [-0.25, -0.2) is 0 Å². The lowest BCUT2D eigenvalue weighted by Gasteiger charge is -2.41. The van der Waals surface area contributed by atoms with Gasteiger partial charge in [-0.2, -0.15) is 0 Å². The van der Waals surface area contributed by atoms with Crippen molar-refractivity contribution < 1.29 is 13.3 Å². The lowest BCUT2D eigenvalue weighted by molar-refractivity contribution is 0.0602. The van der Waals surface area contributed by atoms with Crippen LogP contribution in [0.4, 0.5) is 0 Å². The fourth-order valence-electron chi connectivity index (χ4n) is 5.59. The van der Waals surface area contributed by atoms with Crippen LogP contribution in [-0.2, 0) is 13.3 Å². The molecule has 0 aromatic heterocycles. The summed E-state index contributed by atoms with van der Waals surface area (Å²) < 4.78 is 19.0. The van der Waals surface area contributed by atoms with Gasteiger partial charge in [-0.1, -0.05) is 41.5 Å². The van der Waals surface area contributed by atoms with E-state index in [2.05, 4.69) is 77.0 Å². The van der Waals surface area contributed by atoms with Gasteiger partial charge in [0.15, 0.2) is 0 Å². The Labute approximate surface area is 234 Å². The predicted molar refractivity (Wildman–Crippen MR) is 164 cm³/mol. The van der Waals surface area contributed by atoms with E-state index in [0.29, 0.717) is 19.8 Å². The van der Waals surface area contributed by atoms with Crippen LogP contribution in [0.15, 0.2) is 0 Å². The van der Waals surface area contributed by atoms with Gasteiger partial charge in [0.05, 0.1) is 0 Å². The van der Waals surface area contributed by atoms with Crippen molar-refractivity contribution in [1.29, 1.82) is 0 Å². The molecule has 0 aliphatic carbocycles. The molecule has 7 heteroatoms. The molecular formula is C30H67N3O3Si. The van der Waals surface area contributed by atoms with Crippen LogP contribution in [0.1, 0.15) is 107 Å². The molecule has 0 aliphatic rings. The molecule has 224 valence electrons. The number of hydrogen-bond acceptors (Lipinski definition) is 6. The van der Waals surface area contributed by atoms with Gasteiger partial charge in [0, 0.05) is 25.9 Å². The second-order valence-electron chi connectivity index (χ2n) is 10.5. The molecule has 0 N–H and O–H groups in total. The quantitative estimate of drug-likeness (QED) is 0.106. The van der Waals surface area contributed by atoms with E-state index in [-0.39, 0.29) is 5.41 Å². The van der Waals surface area contributed by atoms with Crippen molar-refractivity contribution in [2.45, 2.75) is 113 Å². The number of rotatable bonds is 27. The van der Waals surface area contributed by atoms with Gasteiger partial charge in [0.2, 0.25) is 0 Å².